The number of halogens is 1. The number of nitriles is 1. The Morgan fingerprint density at radius 1 is 1.33 bits per heavy atom. The van der Waals surface area contributed by atoms with Crippen LogP contribution in [0.15, 0.2) is 42.5 Å². The third-order valence-corrected chi connectivity index (χ3v) is 2.99. The highest BCUT2D eigenvalue weighted by molar-refractivity contribution is 5.94. The molecule has 0 saturated heterocycles. The van der Waals surface area contributed by atoms with Crippen molar-refractivity contribution in [1.29, 1.82) is 5.26 Å². The number of nitrogens with two attached hydrogens (primary N) is 1. The number of carbonyl (C=O) groups excluding carboxylic acids is 1. The van der Waals surface area contributed by atoms with E-state index in [0.29, 0.717) is 12.1 Å². The first-order valence-electron chi connectivity index (χ1n) is 6.30. The fraction of sp³-hybridized carbons (Fsp3) is 0.125. The largest absolute Gasteiger partial charge is 0.399 e. The third kappa shape index (κ3) is 3.57. The molecule has 106 valence electrons. The van der Waals surface area contributed by atoms with Crippen LogP contribution >= 0.6 is 0 Å². The van der Waals surface area contributed by atoms with E-state index < -0.39 is 5.82 Å². The minimum atomic E-state index is -0.543. The van der Waals surface area contributed by atoms with Crippen LogP contribution in [-0.2, 0) is 6.54 Å². The molecule has 4 nitrogen and oxygen atoms in total. The normalized spacial score (nSPS) is 9.95. The van der Waals surface area contributed by atoms with E-state index in [0.717, 1.165) is 17.7 Å². The lowest BCUT2D eigenvalue weighted by atomic mass is 10.1. The van der Waals surface area contributed by atoms with Crippen LogP contribution in [0.5, 0.6) is 0 Å². The summed E-state index contributed by atoms with van der Waals surface area (Å²) in [5.74, 6) is -0.873. The number of nitrogen functional groups attached to an aromatic ring is 1. The fourth-order valence-electron chi connectivity index (χ4n) is 2.04. The summed E-state index contributed by atoms with van der Waals surface area (Å²) in [6.45, 7) is 0.324. The number of anilines is 1. The molecule has 0 bridgehead atoms. The fourth-order valence-corrected chi connectivity index (χ4v) is 2.04. The third-order valence-electron chi connectivity index (χ3n) is 2.99. The summed E-state index contributed by atoms with van der Waals surface area (Å²) in [7, 11) is 1.61. The second-order valence-corrected chi connectivity index (χ2v) is 4.75. The van der Waals surface area contributed by atoms with Crippen LogP contribution in [0, 0.1) is 17.1 Å². The highest BCUT2D eigenvalue weighted by Crippen LogP contribution is 2.14. The zero-order valence-corrected chi connectivity index (χ0v) is 11.5. The Kier molecular flexibility index (Phi) is 4.19. The van der Waals surface area contributed by atoms with Crippen molar-refractivity contribution in [3.8, 4) is 6.07 Å². The van der Waals surface area contributed by atoms with Crippen molar-refractivity contribution in [2.75, 3.05) is 12.8 Å². The van der Waals surface area contributed by atoms with E-state index in [9.17, 15) is 9.18 Å². The Bertz CT molecular complexity index is 701. The molecule has 0 aliphatic heterocycles. The quantitative estimate of drug-likeness (QED) is 0.880. The summed E-state index contributed by atoms with van der Waals surface area (Å²) in [6.07, 6.45) is 0. The summed E-state index contributed by atoms with van der Waals surface area (Å²) in [5, 5.41) is 8.86. The number of nitrogens with zero attached hydrogens (tertiary/aromatic N) is 2. The molecule has 0 aliphatic rings. The lowest BCUT2D eigenvalue weighted by Crippen LogP contribution is -2.26. The van der Waals surface area contributed by atoms with Crippen LogP contribution in [0.2, 0.25) is 0 Å². The molecule has 21 heavy (non-hydrogen) atoms. The molecule has 1 amide bonds. The lowest BCUT2D eigenvalue weighted by Gasteiger charge is -2.17. The molecule has 2 aromatic rings. The average Bonchev–Trinajstić information content (AvgIpc) is 2.45. The number of hydrogen-bond acceptors (Lipinski definition) is 3. The maximum atomic E-state index is 13.3. The Hall–Kier alpha value is -2.87. The van der Waals surface area contributed by atoms with Gasteiger partial charge in [0.2, 0.25) is 0 Å². The van der Waals surface area contributed by atoms with Crippen molar-refractivity contribution in [2.24, 2.45) is 0 Å². The Morgan fingerprint density at radius 3 is 2.76 bits per heavy atom. The minimum Gasteiger partial charge on any atom is -0.399 e. The van der Waals surface area contributed by atoms with Crippen LogP contribution < -0.4 is 5.73 Å². The van der Waals surface area contributed by atoms with Gasteiger partial charge in [-0.1, -0.05) is 12.1 Å². The molecular weight excluding hydrogens is 269 g/mol. The SMILES string of the molecule is CN(Cc1cccc(C#N)c1)C(=O)c1cc(N)cc(F)c1. The smallest absolute Gasteiger partial charge is 0.254 e. The van der Waals surface area contributed by atoms with Gasteiger partial charge in [0.1, 0.15) is 5.82 Å². The van der Waals surface area contributed by atoms with Crippen molar-refractivity contribution < 1.29 is 9.18 Å². The Balaban J connectivity index is 2.17. The number of benzene rings is 2. The van der Waals surface area contributed by atoms with E-state index in [-0.39, 0.29) is 17.2 Å². The summed E-state index contributed by atoms with van der Waals surface area (Å²) in [5.41, 5.74) is 7.31. The molecule has 0 fully saturated rings. The van der Waals surface area contributed by atoms with Crippen molar-refractivity contribution in [2.45, 2.75) is 6.54 Å². The maximum Gasteiger partial charge on any atom is 0.254 e. The first kappa shape index (κ1) is 14.5. The number of hydrogen-bond donors (Lipinski definition) is 1. The van der Waals surface area contributed by atoms with Gasteiger partial charge < -0.3 is 10.6 Å². The van der Waals surface area contributed by atoms with Crippen LogP contribution in [0.25, 0.3) is 0 Å². The summed E-state index contributed by atoms with van der Waals surface area (Å²) < 4.78 is 13.3. The molecule has 0 radical (unpaired) electrons. The van der Waals surface area contributed by atoms with E-state index >= 15 is 0 Å². The molecule has 0 saturated carbocycles. The molecule has 2 aromatic carbocycles. The zero-order chi connectivity index (χ0) is 15.4. The van der Waals surface area contributed by atoms with Crippen LogP contribution in [-0.4, -0.2) is 17.9 Å². The standard InChI is InChI=1S/C16H14FN3O/c1-20(10-12-4-2-3-11(5-12)9-18)16(21)13-6-14(17)8-15(19)7-13/h2-8H,10,19H2,1H3. The van der Waals surface area contributed by atoms with Gasteiger partial charge in [0.05, 0.1) is 11.6 Å². The predicted molar refractivity (Wildman–Crippen MR) is 77.8 cm³/mol. The van der Waals surface area contributed by atoms with Gasteiger partial charge in [-0.2, -0.15) is 5.26 Å². The van der Waals surface area contributed by atoms with E-state index in [1.807, 2.05) is 12.1 Å². The molecule has 5 heteroatoms. The highest BCUT2D eigenvalue weighted by Gasteiger charge is 2.14. The van der Waals surface area contributed by atoms with Gasteiger partial charge in [-0.25, -0.2) is 4.39 Å². The molecule has 0 atom stereocenters. The second kappa shape index (κ2) is 6.06. The minimum absolute atomic E-state index is 0.200. The van der Waals surface area contributed by atoms with Gasteiger partial charge in [-0.15, -0.1) is 0 Å². The predicted octanol–water partition coefficient (Wildman–Crippen LogP) is 2.55. The van der Waals surface area contributed by atoms with E-state index in [1.54, 1.807) is 25.2 Å². The zero-order valence-electron chi connectivity index (χ0n) is 11.5. The maximum absolute atomic E-state index is 13.3. The van der Waals surface area contributed by atoms with E-state index in [4.69, 9.17) is 11.0 Å². The van der Waals surface area contributed by atoms with Crippen LogP contribution in [0.3, 0.4) is 0 Å². The van der Waals surface area contributed by atoms with Crippen molar-refractivity contribution >= 4 is 11.6 Å². The van der Waals surface area contributed by atoms with Gasteiger partial charge in [0.25, 0.3) is 5.91 Å². The molecule has 2 rings (SSSR count). The Labute approximate surface area is 122 Å². The van der Waals surface area contributed by atoms with Gasteiger partial charge in [0.15, 0.2) is 0 Å². The average molecular weight is 283 g/mol. The molecule has 0 heterocycles. The van der Waals surface area contributed by atoms with Crippen molar-refractivity contribution in [3.05, 3.63) is 65.0 Å². The highest BCUT2D eigenvalue weighted by atomic mass is 19.1. The van der Waals surface area contributed by atoms with Crippen LogP contribution in [0.4, 0.5) is 10.1 Å². The van der Waals surface area contributed by atoms with Gasteiger partial charge >= 0.3 is 0 Å². The van der Waals surface area contributed by atoms with Crippen molar-refractivity contribution in [3.63, 3.8) is 0 Å². The van der Waals surface area contributed by atoms with Gasteiger partial charge in [0, 0.05) is 24.8 Å². The molecule has 0 aromatic heterocycles. The molecule has 0 unspecified atom stereocenters. The first-order chi connectivity index (χ1) is 9.99. The summed E-state index contributed by atoms with van der Waals surface area (Å²) in [6, 6.07) is 12.8. The molecule has 0 spiro atoms. The number of amides is 1. The van der Waals surface area contributed by atoms with Crippen molar-refractivity contribution in [1.82, 2.24) is 4.90 Å². The monoisotopic (exact) mass is 283 g/mol. The van der Waals surface area contributed by atoms with Gasteiger partial charge in [-0.3, -0.25) is 4.79 Å². The second-order valence-electron chi connectivity index (χ2n) is 4.75. The first-order valence-corrected chi connectivity index (χ1v) is 6.30. The van der Waals surface area contributed by atoms with Gasteiger partial charge in [-0.05, 0) is 35.9 Å². The summed E-state index contributed by atoms with van der Waals surface area (Å²) >= 11 is 0. The number of carbonyl (C=O) groups is 1. The summed E-state index contributed by atoms with van der Waals surface area (Å²) in [4.78, 5) is 13.7. The Morgan fingerprint density at radius 2 is 2.10 bits per heavy atom. The molecular formula is C16H14FN3O. The topological polar surface area (TPSA) is 70.1 Å². The van der Waals surface area contributed by atoms with E-state index in [2.05, 4.69) is 0 Å². The molecule has 0 aliphatic carbocycles. The number of rotatable bonds is 3. The molecule has 2 N–H and O–H groups in total. The van der Waals surface area contributed by atoms with E-state index in [1.165, 1.54) is 11.0 Å². The lowest BCUT2D eigenvalue weighted by molar-refractivity contribution is 0.0784. The van der Waals surface area contributed by atoms with Crippen LogP contribution in [0.1, 0.15) is 21.5 Å².